The Labute approximate surface area is 399 Å². The average Bonchev–Trinajstić information content (AvgIpc) is 3.28. The number of aliphatic hydroxyl groups excluding tert-OH is 3. The molecule has 0 bridgehead atoms. The Morgan fingerprint density at radius 2 is 1.00 bits per heavy atom. The van der Waals surface area contributed by atoms with Crippen LogP contribution in [0.5, 0.6) is 0 Å². The number of esters is 2. The minimum atomic E-state index is -4.90. The molecule has 380 valence electrons. The second-order valence-corrected chi connectivity index (χ2v) is 18.0. The van der Waals surface area contributed by atoms with Crippen LogP contribution >= 0.6 is 15.6 Å². The number of carbonyl (C=O) groups is 2. The van der Waals surface area contributed by atoms with Crippen LogP contribution in [-0.2, 0) is 41.8 Å². The second-order valence-electron chi connectivity index (χ2n) is 15.3. The van der Waals surface area contributed by atoms with Crippen LogP contribution in [0.15, 0.2) is 122 Å². The zero-order chi connectivity index (χ0) is 49.7. The van der Waals surface area contributed by atoms with Gasteiger partial charge in [-0.1, -0.05) is 155 Å². The fourth-order valence-corrected chi connectivity index (χ4v) is 6.57. The number of hydrogen-bond acceptors (Lipinski definition) is 12. The molecule has 0 aliphatic carbocycles. The molecule has 0 rings (SSSR count). The smallest absolute Gasteiger partial charge is 0.462 e. The Kier molecular flexibility index (Phi) is 41.4. The molecule has 0 amide bonds. The molecule has 67 heavy (non-hydrogen) atoms. The van der Waals surface area contributed by atoms with Crippen LogP contribution in [-0.4, -0.2) is 92.8 Å². The third kappa shape index (κ3) is 47.3. The number of hydrogen-bond donors (Lipinski definition) is 6. The van der Waals surface area contributed by atoms with Gasteiger partial charge in [0.2, 0.25) is 0 Å². The molecule has 0 spiro atoms. The number of unbranched alkanes of at least 4 members (excludes halogenated alkanes) is 6. The van der Waals surface area contributed by atoms with Gasteiger partial charge < -0.3 is 39.5 Å². The molecule has 0 aliphatic heterocycles. The largest absolute Gasteiger partial charge is 0.472 e. The molecule has 0 aliphatic rings. The molecule has 0 aromatic heterocycles. The first-order chi connectivity index (χ1) is 32.2. The van der Waals surface area contributed by atoms with Crippen molar-refractivity contribution in [1.82, 2.24) is 0 Å². The fraction of sp³-hybridized carbons (Fsp3) is 0.560. The first kappa shape index (κ1) is 63.4. The Hall–Kier alpha value is -3.56. The molecule has 0 saturated heterocycles. The molecule has 5 atom stereocenters. The molecule has 15 nitrogen and oxygen atoms in total. The van der Waals surface area contributed by atoms with E-state index in [0.29, 0.717) is 32.1 Å². The molecule has 17 heteroatoms. The summed E-state index contributed by atoms with van der Waals surface area (Å²) in [5.74, 6) is -1.25. The summed E-state index contributed by atoms with van der Waals surface area (Å²) in [6.45, 7) is 1.29. The maximum atomic E-state index is 12.7. The van der Waals surface area contributed by atoms with Gasteiger partial charge in [0.1, 0.15) is 12.7 Å². The van der Waals surface area contributed by atoms with E-state index in [4.69, 9.17) is 23.8 Å². The molecule has 0 aromatic carbocycles. The van der Waals surface area contributed by atoms with Crippen LogP contribution in [0.2, 0.25) is 0 Å². The third-order valence-electron chi connectivity index (χ3n) is 9.00. The first-order valence-corrected chi connectivity index (χ1v) is 26.5. The van der Waals surface area contributed by atoms with Crippen LogP contribution in [0, 0.1) is 0 Å². The molecule has 0 aromatic rings. The van der Waals surface area contributed by atoms with Gasteiger partial charge in [-0.3, -0.25) is 23.2 Å². The molecule has 0 radical (unpaired) electrons. The maximum absolute atomic E-state index is 12.7. The van der Waals surface area contributed by atoms with Gasteiger partial charge in [-0.2, -0.15) is 0 Å². The molecule has 0 saturated carbocycles. The lowest BCUT2D eigenvalue weighted by atomic mass is 10.1. The van der Waals surface area contributed by atoms with Crippen LogP contribution < -0.4 is 0 Å². The Balaban J connectivity index is 4.78. The highest BCUT2D eigenvalue weighted by Crippen LogP contribution is 2.43. The van der Waals surface area contributed by atoms with E-state index in [1.807, 2.05) is 37.3 Å². The number of phosphoric acid groups is 2. The minimum Gasteiger partial charge on any atom is -0.462 e. The number of rotatable bonds is 42. The summed E-state index contributed by atoms with van der Waals surface area (Å²) in [5.41, 5.74) is 0. The molecule has 1 unspecified atom stereocenters. The van der Waals surface area contributed by atoms with Gasteiger partial charge in [-0.05, 0) is 83.5 Å². The number of allylic oxidation sites excluding steroid dienone is 16. The van der Waals surface area contributed by atoms with E-state index < -0.39 is 78.4 Å². The molecular formula is C50H80O15P2. The van der Waals surface area contributed by atoms with Crippen molar-refractivity contribution < 1.29 is 71.8 Å². The zero-order valence-corrected chi connectivity index (χ0v) is 41.5. The van der Waals surface area contributed by atoms with E-state index in [1.54, 1.807) is 42.5 Å². The van der Waals surface area contributed by atoms with E-state index in [9.17, 15) is 38.9 Å². The van der Waals surface area contributed by atoms with Crippen molar-refractivity contribution in [2.75, 3.05) is 26.4 Å². The van der Waals surface area contributed by atoms with Crippen molar-refractivity contribution in [3.05, 3.63) is 122 Å². The van der Waals surface area contributed by atoms with Gasteiger partial charge in [0.05, 0.1) is 32.0 Å². The van der Waals surface area contributed by atoms with Crippen LogP contribution in [0.4, 0.5) is 0 Å². The predicted molar refractivity (Wildman–Crippen MR) is 264 cm³/mol. The lowest BCUT2D eigenvalue weighted by Gasteiger charge is -2.20. The Morgan fingerprint density at radius 3 is 1.55 bits per heavy atom. The van der Waals surface area contributed by atoms with Crippen molar-refractivity contribution in [3.8, 4) is 0 Å². The lowest BCUT2D eigenvalue weighted by Crippen LogP contribution is -2.29. The van der Waals surface area contributed by atoms with Crippen molar-refractivity contribution in [1.29, 1.82) is 0 Å². The van der Waals surface area contributed by atoms with Crippen molar-refractivity contribution in [2.45, 2.75) is 154 Å². The first-order valence-electron chi connectivity index (χ1n) is 23.4. The fourth-order valence-electron chi connectivity index (χ4n) is 5.41. The van der Waals surface area contributed by atoms with E-state index in [0.717, 1.165) is 51.4 Å². The van der Waals surface area contributed by atoms with Crippen LogP contribution in [0.25, 0.3) is 0 Å². The number of ether oxygens (including phenoxy) is 2. The number of carbonyl (C=O) groups excluding carboxylic acids is 2. The Bertz CT molecular complexity index is 1670. The second kappa shape index (κ2) is 43.7. The zero-order valence-electron chi connectivity index (χ0n) is 39.7. The predicted octanol–water partition coefficient (Wildman–Crippen LogP) is 10.4. The molecule has 0 fully saturated rings. The van der Waals surface area contributed by atoms with Crippen LogP contribution in [0.1, 0.15) is 129 Å². The van der Waals surface area contributed by atoms with Gasteiger partial charge in [0.25, 0.3) is 0 Å². The summed E-state index contributed by atoms with van der Waals surface area (Å²) >= 11 is 0. The highest BCUT2D eigenvalue weighted by atomic mass is 31.2. The molecule has 0 heterocycles. The SMILES string of the molecule is CC/C=C\C[C@@H](O)/C=C/C=C\C=C\[C@@H](O)C/C=C\C/C=C\CCC(=O)OC[C@H](COP(=O)(O)OC[C@@H](O)COP(=O)(O)O)OC(=O)CCCCC/C=C\C/C=C\C/C=C\C/C=C\CCCCC. The summed E-state index contributed by atoms with van der Waals surface area (Å²) in [5, 5.41) is 29.7. The molecule has 6 N–H and O–H groups in total. The summed E-state index contributed by atoms with van der Waals surface area (Å²) in [6.07, 6.45) is 48.3. The quantitative estimate of drug-likeness (QED) is 0.0110. The van der Waals surface area contributed by atoms with Gasteiger partial charge >= 0.3 is 27.6 Å². The summed E-state index contributed by atoms with van der Waals surface area (Å²) < 4.78 is 47.7. The van der Waals surface area contributed by atoms with E-state index >= 15 is 0 Å². The van der Waals surface area contributed by atoms with Gasteiger partial charge in [0, 0.05) is 12.8 Å². The number of phosphoric ester groups is 2. The van der Waals surface area contributed by atoms with Crippen molar-refractivity contribution in [2.24, 2.45) is 0 Å². The van der Waals surface area contributed by atoms with Crippen molar-refractivity contribution >= 4 is 27.6 Å². The van der Waals surface area contributed by atoms with Gasteiger partial charge in [-0.25, -0.2) is 9.13 Å². The summed E-state index contributed by atoms with van der Waals surface area (Å²) in [4.78, 5) is 52.8. The summed E-state index contributed by atoms with van der Waals surface area (Å²) in [7, 11) is -9.77. The van der Waals surface area contributed by atoms with Crippen LogP contribution in [0.3, 0.4) is 0 Å². The van der Waals surface area contributed by atoms with E-state index in [-0.39, 0.29) is 12.8 Å². The highest BCUT2D eigenvalue weighted by molar-refractivity contribution is 7.47. The molecular weight excluding hydrogens is 902 g/mol. The van der Waals surface area contributed by atoms with Gasteiger partial charge in [-0.15, -0.1) is 0 Å². The maximum Gasteiger partial charge on any atom is 0.472 e. The monoisotopic (exact) mass is 982 g/mol. The lowest BCUT2D eigenvalue weighted by molar-refractivity contribution is -0.161. The third-order valence-corrected chi connectivity index (χ3v) is 10.4. The standard InChI is InChI=1S/C50H80O15P2/c1-3-5-7-8-9-10-11-12-13-14-15-16-17-18-19-20-21-26-34-40-50(55)65-48(44-64-67(59,60)63-42-47(53)41-62-66(56,57)58)43-61-49(54)39-33-25-23-22-24-30-36-46(52)38-32-28-27-31-37-45(51)35-29-6-4-2/h6,9-10,12-13,15-16,18-19,23-25,27-32,37-38,45-48,51-53H,3-5,7-8,11,14,17,20-22,26,33-36,39-44H2,1-2H3,(H,59,60)(H2,56,57,58)/b10-9-,13-12-,16-15-,19-18-,25-23-,28-27-,29-6-,30-24-,37-31+,38-32+/t45-,46+,47+,48-/m1/s1. The van der Waals surface area contributed by atoms with Crippen molar-refractivity contribution in [3.63, 3.8) is 0 Å². The minimum absolute atomic E-state index is 0.00155. The van der Waals surface area contributed by atoms with E-state index in [2.05, 4.69) is 64.6 Å². The normalized spacial score (nSPS) is 15.9. The van der Waals surface area contributed by atoms with Gasteiger partial charge in [0.15, 0.2) is 6.10 Å². The highest BCUT2D eigenvalue weighted by Gasteiger charge is 2.28. The number of aliphatic hydroxyl groups is 3. The Morgan fingerprint density at radius 1 is 0.507 bits per heavy atom. The average molecular weight is 983 g/mol. The van der Waals surface area contributed by atoms with E-state index in [1.165, 1.54) is 19.3 Å². The topological polar surface area (TPSA) is 236 Å². The summed E-state index contributed by atoms with van der Waals surface area (Å²) in [6, 6.07) is 0.